The lowest BCUT2D eigenvalue weighted by Gasteiger charge is -2.50. The molecule has 2 aromatic rings. The van der Waals surface area contributed by atoms with E-state index in [0.29, 0.717) is 19.5 Å². The Hall–Kier alpha value is -1.48. The second-order valence-electron chi connectivity index (χ2n) is 7.43. The minimum atomic E-state index is -0.939. The van der Waals surface area contributed by atoms with Gasteiger partial charge in [-0.15, -0.1) is 0 Å². The largest absolute Gasteiger partial charge is 0.337 e. The summed E-state index contributed by atoms with van der Waals surface area (Å²) in [6.45, 7) is 3.00. The monoisotopic (exact) mass is 300 g/mol. The van der Waals surface area contributed by atoms with Gasteiger partial charge in [0.2, 0.25) is 0 Å². The van der Waals surface area contributed by atoms with Crippen LogP contribution in [0.5, 0.6) is 0 Å². The molecule has 2 bridgehead atoms. The second kappa shape index (κ2) is 4.32. The molecule has 23 heavy (non-hydrogen) atoms. The highest BCUT2D eigenvalue weighted by molar-refractivity contribution is 6.37. The summed E-state index contributed by atoms with van der Waals surface area (Å²) in [6.07, 6.45) is 2.60. The van der Waals surface area contributed by atoms with E-state index in [1.807, 2.05) is 6.07 Å². The molecular formula is C18H18B2N2O. The van der Waals surface area contributed by atoms with Crippen molar-refractivity contribution in [1.82, 2.24) is 9.47 Å². The summed E-state index contributed by atoms with van der Waals surface area (Å²) in [6, 6.07) is 8.34. The average Bonchev–Trinajstić information content (AvgIpc) is 2.66. The summed E-state index contributed by atoms with van der Waals surface area (Å²) in [5, 5.41) is -0.494. The highest BCUT2D eigenvalue weighted by Crippen LogP contribution is 2.56. The summed E-state index contributed by atoms with van der Waals surface area (Å²) >= 11 is 0. The molecule has 1 fully saturated rings. The Morgan fingerprint density at radius 2 is 1.91 bits per heavy atom. The maximum absolute atomic E-state index is 13.0. The number of ketones is 1. The molecule has 3 aliphatic rings. The van der Waals surface area contributed by atoms with Gasteiger partial charge < -0.3 is 9.47 Å². The van der Waals surface area contributed by atoms with E-state index in [2.05, 4.69) is 27.7 Å². The minimum absolute atomic E-state index is 0.0866. The Kier molecular flexibility index (Phi) is 2.62. The molecule has 4 radical (unpaired) electrons. The van der Waals surface area contributed by atoms with Crippen LogP contribution >= 0.6 is 0 Å². The van der Waals surface area contributed by atoms with E-state index in [1.54, 1.807) is 0 Å². The number of rotatable bonds is 0. The van der Waals surface area contributed by atoms with Gasteiger partial charge in [-0.1, -0.05) is 18.2 Å². The number of carbonyl (C=O) groups excluding carboxylic acids is 1. The van der Waals surface area contributed by atoms with Crippen LogP contribution in [0.2, 0.25) is 5.31 Å². The number of carbonyl (C=O) groups is 1. The smallest absolute Gasteiger partial charge is 0.150 e. The van der Waals surface area contributed by atoms with Crippen LogP contribution < -0.4 is 0 Å². The van der Waals surface area contributed by atoms with Crippen molar-refractivity contribution in [3.8, 4) is 0 Å². The van der Waals surface area contributed by atoms with Crippen molar-refractivity contribution in [2.24, 2.45) is 0 Å². The van der Waals surface area contributed by atoms with Crippen LogP contribution in [0.1, 0.15) is 24.1 Å². The number of fused-ring (bicyclic) bond motifs is 4. The molecule has 5 rings (SSSR count). The third kappa shape index (κ3) is 1.54. The van der Waals surface area contributed by atoms with Crippen molar-refractivity contribution in [2.45, 2.75) is 36.4 Å². The van der Waals surface area contributed by atoms with Gasteiger partial charge in [-0.25, -0.2) is 0 Å². The molecule has 1 unspecified atom stereocenters. The van der Waals surface area contributed by atoms with Crippen molar-refractivity contribution in [3.63, 3.8) is 0 Å². The summed E-state index contributed by atoms with van der Waals surface area (Å²) in [7, 11) is 13.7. The molecule has 3 nitrogen and oxygen atoms in total. The predicted octanol–water partition coefficient (Wildman–Crippen LogP) is 1.57. The first-order chi connectivity index (χ1) is 11.0. The Balaban J connectivity index is 1.92. The lowest BCUT2D eigenvalue weighted by molar-refractivity contribution is -0.125. The summed E-state index contributed by atoms with van der Waals surface area (Å²) in [5.41, 5.74) is 3.54. The van der Waals surface area contributed by atoms with Gasteiger partial charge in [0.1, 0.15) is 5.78 Å². The molecule has 0 N–H and O–H groups in total. The second-order valence-corrected chi connectivity index (χ2v) is 7.43. The zero-order valence-corrected chi connectivity index (χ0v) is 13.2. The molecule has 1 aromatic heterocycles. The van der Waals surface area contributed by atoms with E-state index in [0.717, 1.165) is 37.1 Å². The summed E-state index contributed by atoms with van der Waals surface area (Å²) in [5.74, 6) is 0.0866. The molecule has 112 valence electrons. The van der Waals surface area contributed by atoms with Crippen LogP contribution in [-0.4, -0.2) is 50.6 Å². The summed E-state index contributed by atoms with van der Waals surface area (Å²) in [4.78, 5) is 15.4. The first-order valence-corrected chi connectivity index (χ1v) is 8.49. The van der Waals surface area contributed by atoms with Crippen LogP contribution in [0, 0.1) is 0 Å². The lowest BCUT2D eigenvalue weighted by Crippen LogP contribution is -2.55. The van der Waals surface area contributed by atoms with E-state index < -0.39 is 10.6 Å². The van der Waals surface area contributed by atoms with E-state index in [1.165, 1.54) is 10.9 Å². The molecule has 0 aliphatic carbocycles. The number of hydrogen-bond donors (Lipinski definition) is 0. The van der Waals surface area contributed by atoms with E-state index in [-0.39, 0.29) is 5.78 Å². The van der Waals surface area contributed by atoms with Crippen molar-refractivity contribution < 1.29 is 4.79 Å². The van der Waals surface area contributed by atoms with Crippen molar-refractivity contribution in [3.05, 3.63) is 35.5 Å². The van der Waals surface area contributed by atoms with Crippen molar-refractivity contribution in [1.29, 1.82) is 0 Å². The quantitative estimate of drug-likeness (QED) is 0.690. The first-order valence-electron chi connectivity index (χ1n) is 8.49. The minimum Gasteiger partial charge on any atom is -0.337 e. The van der Waals surface area contributed by atoms with Gasteiger partial charge in [-0.05, 0) is 48.1 Å². The first kappa shape index (κ1) is 13.9. The van der Waals surface area contributed by atoms with Crippen molar-refractivity contribution in [2.75, 3.05) is 19.6 Å². The van der Waals surface area contributed by atoms with Gasteiger partial charge in [0, 0.05) is 29.7 Å². The lowest BCUT2D eigenvalue weighted by atomic mass is 9.39. The molecule has 1 aromatic carbocycles. The van der Waals surface area contributed by atoms with Gasteiger partial charge in [0.15, 0.2) is 0 Å². The molecule has 0 saturated carbocycles. The Morgan fingerprint density at radius 3 is 2.78 bits per heavy atom. The highest BCUT2D eigenvalue weighted by atomic mass is 16.1. The van der Waals surface area contributed by atoms with Crippen LogP contribution in [0.3, 0.4) is 0 Å². The number of para-hydroxylation sites is 1. The molecule has 5 heteroatoms. The number of benzene rings is 1. The van der Waals surface area contributed by atoms with E-state index in [9.17, 15) is 4.79 Å². The van der Waals surface area contributed by atoms with Crippen LogP contribution in [0.4, 0.5) is 0 Å². The van der Waals surface area contributed by atoms with Crippen LogP contribution in [0.15, 0.2) is 24.3 Å². The molecule has 0 spiro atoms. The number of aromatic nitrogens is 1. The standard InChI is InChI=1S/C18H18B2N2O/c19-17-7-3-8-21-9-6-13-12-4-1-2-5-14(12)22(10-15(17)23)16(13)18(17,20)11-21/h1-2,4-5H,3,6-11H2/t17-,18-/m1/s1. The SMILES string of the molecule is [B][C@]12CCCN3CCc4c(n(c5ccccc45)CC1=O)[C@]2([B])C3. The van der Waals surface area contributed by atoms with Crippen LogP contribution in [0.25, 0.3) is 10.9 Å². The normalized spacial score (nSPS) is 35.8. The fourth-order valence-corrected chi connectivity index (χ4v) is 5.10. The maximum Gasteiger partial charge on any atom is 0.150 e. The maximum atomic E-state index is 13.0. The molecule has 3 aliphatic heterocycles. The number of nitrogens with zero attached hydrogens (tertiary/aromatic N) is 2. The molecular weight excluding hydrogens is 282 g/mol. The predicted molar refractivity (Wildman–Crippen MR) is 92.2 cm³/mol. The Bertz CT molecular complexity index is 845. The highest BCUT2D eigenvalue weighted by Gasteiger charge is 2.56. The zero-order chi connectivity index (χ0) is 15.8. The topological polar surface area (TPSA) is 25.2 Å². The van der Waals surface area contributed by atoms with Gasteiger partial charge in [-0.3, -0.25) is 4.79 Å². The van der Waals surface area contributed by atoms with Gasteiger partial charge in [0.25, 0.3) is 0 Å². The fraction of sp³-hybridized carbons (Fsp3) is 0.500. The Labute approximate surface area is 138 Å². The third-order valence-electron chi connectivity index (χ3n) is 6.29. The van der Waals surface area contributed by atoms with E-state index in [4.69, 9.17) is 15.7 Å². The van der Waals surface area contributed by atoms with E-state index >= 15 is 0 Å². The Morgan fingerprint density at radius 1 is 1.09 bits per heavy atom. The summed E-state index contributed by atoms with van der Waals surface area (Å²) < 4.78 is 2.15. The molecule has 0 amide bonds. The average molecular weight is 300 g/mol. The number of hydrogen-bond acceptors (Lipinski definition) is 2. The molecule has 4 heterocycles. The van der Waals surface area contributed by atoms with Crippen LogP contribution in [-0.2, 0) is 23.1 Å². The van der Waals surface area contributed by atoms with Crippen molar-refractivity contribution >= 4 is 32.4 Å². The number of Topliss-reactive ketones (excluding diaryl/α,β-unsaturated/α-hetero) is 1. The third-order valence-corrected chi connectivity index (χ3v) is 6.29. The molecule has 3 atom stereocenters. The zero-order valence-electron chi connectivity index (χ0n) is 13.2. The van der Waals surface area contributed by atoms with Gasteiger partial charge in [0.05, 0.1) is 22.2 Å². The fourth-order valence-electron chi connectivity index (χ4n) is 5.10. The van der Waals surface area contributed by atoms with Gasteiger partial charge >= 0.3 is 0 Å². The molecule has 1 saturated heterocycles. The van der Waals surface area contributed by atoms with Gasteiger partial charge in [-0.2, -0.15) is 0 Å².